The zero-order valence-electron chi connectivity index (χ0n) is 6.12. The van der Waals surface area contributed by atoms with Gasteiger partial charge in [-0.15, -0.1) is 30.2 Å². The Morgan fingerprint density at radius 2 is 2.27 bits per heavy atom. The van der Waals surface area contributed by atoms with Crippen LogP contribution in [0.1, 0.15) is 5.56 Å². The number of nitrogens with zero attached hydrogens (tertiary/aromatic N) is 1. The summed E-state index contributed by atoms with van der Waals surface area (Å²) in [6.45, 7) is 3.89. The minimum Gasteiger partial charge on any atom is -0.352 e. The minimum absolute atomic E-state index is 0.989. The molecule has 1 heterocycles. The van der Waals surface area contributed by atoms with E-state index >= 15 is 0 Å². The van der Waals surface area contributed by atoms with Crippen molar-refractivity contribution in [1.82, 2.24) is 0 Å². The van der Waals surface area contributed by atoms with E-state index in [0.717, 1.165) is 16.1 Å². The van der Waals surface area contributed by atoms with Crippen LogP contribution in [0.5, 0.6) is 0 Å². The van der Waals surface area contributed by atoms with Crippen molar-refractivity contribution >= 4 is 6.58 Å². The first kappa shape index (κ1) is 6.23. The minimum atomic E-state index is 0.989. The fraction of sp³-hybridized carbons (Fsp3) is 0. The van der Waals surface area contributed by atoms with E-state index in [1.165, 1.54) is 0 Å². The normalized spacial score (nSPS) is 13.1. The third-order valence-electron chi connectivity index (χ3n) is 1.72. The molecule has 54 valence electrons. The largest absolute Gasteiger partial charge is 0.352 e. The van der Waals surface area contributed by atoms with Crippen LogP contribution in [0, 0.1) is 6.42 Å². The third kappa shape index (κ3) is 0.944. The van der Waals surface area contributed by atoms with Gasteiger partial charge < -0.3 is 4.99 Å². The van der Waals surface area contributed by atoms with Crippen molar-refractivity contribution < 1.29 is 0 Å². The van der Waals surface area contributed by atoms with E-state index in [1.807, 2.05) is 30.7 Å². The number of hydrogen-bond acceptors (Lipinski definition) is 1. The number of fused-ring (bicyclic) bond motifs is 1. The molecule has 0 amide bonds. The molecule has 2 rings (SSSR count). The lowest BCUT2D eigenvalue weighted by molar-refractivity contribution is 1.22. The highest BCUT2D eigenvalue weighted by Gasteiger charge is 1.88. The predicted molar refractivity (Wildman–Crippen MR) is 45.3 cm³/mol. The Hall–Kier alpha value is -1.50. The zero-order valence-corrected chi connectivity index (χ0v) is 6.12. The average molecular weight is 142 g/mol. The molecule has 0 unspecified atom stereocenters. The second-order valence-corrected chi connectivity index (χ2v) is 2.49. The Morgan fingerprint density at radius 3 is 3.09 bits per heavy atom. The van der Waals surface area contributed by atoms with Gasteiger partial charge in [-0.2, -0.15) is 0 Å². The molecule has 0 spiro atoms. The van der Waals surface area contributed by atoms with E-state index in [-0.39, 0.29) is 0 Å². The Bertz CT molecular complexity index is 401. The Kier molecular flexibility index (Phi) is 1.29. The van der Waals surface area contributed by atoms with E-state index < -0.39 is 0 Å². The van der Waals surface area contributed by atoms with E-state index in [9.17, 15) is 0 Å². The molecule has 11 heavy (non-hydrogen) atoms. The molecule has 1 aliphatic heterocycles. The molecule has 0 saturated carbocycles. The number of benzene rings is 1. The lowest BCUT2D eigenvalue weighted by atomic mass is 10.1. The lowest BCUT2D eigenvalue weighted by Gasteiger charge is -2.09. The highest BCUT2D eigenvalue weighted by Crippen LogP contribution is 1.98. The molecule has 0 radical (unpaired) electrons. The van der Waals surface area contributed by atoms with E-state index in [2.05, 4.69) is 11.6 Å². The number of para-hydroxylation sites is 1. The van der Waals surface area contributed by atoms with Gasteiger partial charge in [0.25, 0.3) is 0 Å². The summed E-state index contributed by atoms with van der Waals surface area (Å²) in [5.41, 5.74) is 1.15. The van der Waals surface area contributed by atoms with Gasteiger partial charge in [0, 0.05) is 0 Å². The standard InChI is InChI=1S/C10H8N/c1-8-4-2-5-9-6-3-7-11-10(8)9/h2-7H,1H2/q-1. The van der Waals surface area contributed by atoms with Gasteiger partial charge >= 0.3 is 0 Å². The Morgan fingerprint density at radius 1 is 1.36 bits per heavy atom. The van der Waals surface area contributed by atoms with Crippen LogP contribution in [-0.2, 0) is 0 Å². The molecule has 0 atom stereocenters. The highest BCUT2D eigenvalue weighted by molar-refractivity contribution is 5.31. The van der Waals surface area contributed by atoms with Crippen molar-refractivity contribution in [3.05, 3.63) is 53.0 Å². The van der Waals surface area contributed by atoms with Gasteiger partial charge in [-0.1, -0.05) is 24.1 Å². The molecule has 0 aromatic heterocycles. The Balaban J connectivity index is 2.88. The molecule has 1 nitrogen and oxygen atoms in total. The SMILES string of the molecule is C=c1cccc2c1=NC=C[CH-]2. The maximum Gasteiger partial charge on any atom is -0.0166 e. The molecular weight excluding hydrogens is 134 g/mol. The summed E-state index contributed by atoms with van der Waals surface area (Å²) >= 11 is 0. The first-order valence-corrected chi connectivity index (χ1v) is 3.53. The smallest absolute Gasteiger partial charge is 0.0166 e. The first-order chi connectivity index (χ1) is 5.38. The number of hydrogen-bond donors (Lipinski definition) is 0. The van der Waals surface area contributed by atoms with Crippen LogP contribution < -0.4 is 10.6 Å². The van der Waals surface area contributed by atoms with E-state index in [0.29, 0.717) is 0 Å². The van der Waals surface area contributed by atoms with Crippen molar-refractivity contribution in [3.8, 4) is 0 Å². The summed E-state index contributed by atoms with van der Waals surface area (Å²) in [6, 6.07) is 6.00. The molecule has 1 aromatic rings. The van der Waals surface area contributed by atoms with Gasteiger partial charge in [0.15, 0.2) is 0 Å². The summed E-state index contributed by atoms with van der Waals surface area (Å²) in [6.07, 6.45) is 5.76. The fourth-order valence-corrected chi connectivity index (χ4v) is 1.17. The average Bonchev–Trinajstić information content (AvgIpc) is 2.06. The van der Waals surface area contributed by atoms with Crippen LogP contribution >= 0.6 is 0 Å². The molecule has 0 fully saturated rings. The summed E-state index contributed by atoms with van der Waals surface area (Å²) in [4.78, 5) is 4.22. The van der Waals surface area contributed by atoms with Gasteiger partial charge in [0.05, 0.1) is 0 Å². The van der Waals surface area contributed by atoms with Crippen molar-refractivity contribution in [2.45, 2.75) is 0 Å². The van der Waals surface area contributed by atoms with Crippen molar-refractivity contribution in [2.75, 3.05) is 0 Å². The van der Waals surface area contributed by atoms with Crippen molar-refractivity contribution in [1.29, 1.82) is 0 Å². The van der Waals surface area contributed by atoms with Crippen molar-refractivity contribution in [3.63, 3.8) is 0 Å². The molecular formula is C10H8N-. The number of rotatable bonds is 0. The van der Waals surface area contributed by atoms with Crippen LogP contribution in [0.4, 0.5) is 0 Å². The summed E-state index contributed by atoms with van der Waals surface area (Å²) in [7, 11) is 0. The van der Waals surface area contributed by atoms with E-state index in [4.69, 9.17) is 0 Å². The van der Waals surface area contributed by atoms with Gasteiger partial charge in [0.1, 0.15) is 0 Å². The van der Waals surface area contributed by atoms with Crippen molar-refractivity contribution in [2.24, 2.45) is 4.99 Å². The van der Waals surface area contributed by atoms with Crippen LogP contribution in [0.2, 0.25) is 0 Å². The second-order valence-electron chi connectivity index (χ2n) is 2.49. The molecule has 1 heteroatoms. The molecule has 1 aromatic carbocycles. The van der Waals surface area contributed by atoms with Crippen LogP contribution in [0.25, 0.3) is 6.58 Å². The van der Waals surface area contributed by atoms with Gasteiger partial charge in [0.2, 0.25) is 0 Å². The predicted octanol–water partition coefficient (Wildman–Crippen LogP) is 0.796. The highest BCUT2D eigenvalue weighted by atomic mass is 14.7. The molecule has 0 bridgehead atoms. The fourth-order valence-electron chi connectivity index (χ4n) is 1.17. The van der Waals surface area contributed by atoms with Gasteiger partial charge in [-0.05, 0) is 5.36 Å². The summed E-state index contributed by atoms with van der Waals surface area (Å²) in [5, 5.41) is 1.98. The van der Waals surface area contributed by atoms with Gasteiger partial charge in [-0.3, -0.25) is 0 Å². The molecule has 0 N–H and O–H groups in total. The monoisotopic (exact) mass is 142 g/mol. The molecule has 0 saturated heterocycles. The molecule has 0 aliphatic carbocycles. The maximum atomic E-state index is 4.22. The van der Waals surface area contributed by atoms with Gasteiger partial charge in [-0.25, -0.2) is 0 Å². The summed E-state index contributed by atoms with van der Waals surface area (Å²) in [5.74, 6) is 0. The van der Waals surface area contributed by atoms with Crippen LogP contribution in [0.3, 0.4) is 0 Å². The molecule has 1 aliphatic rings. The topological polar surface area (TPSA) is 12.4 Å². The Labute approximate surface area is 65.4 Å². The lowest BCUT2D eigenvalue weighted by Crippen LogP contribution is -2.27. The van der Waals surface area contributed by atoms with Crippen LogP contribution in [-0.4, -0.2) is 0 Å². The zero-order chi connectivity index (χ0) is 7.68. The maximum absolute atomic E-state index is 4.22. The van der Waals surface area contributed by atoms with Crippen LogP contribution in [0.15, 0.2) is 35.5 Å². The quantitative estimate of drug-likeness (QED) is 0.475. The van der Waals surface area contributed by atoms with E-state index in [1.54, 1.807) is 6.20 Å². The second kappa shape index (κ2) is 2.27. The third-order valence-corrected chi connectivity index (χ3v) is 1.72. The number of allylic oxidation sites excluding steroid dienone is 1. The first-order valence-electron chi connectivity index (χ1n) is 3.53. The summed E-state index contributed by atoms with van der Waals surface area (Å²) < 4.78 is 0.